The normalized spacial score (nSPS) is 16.4. The first-order valence-electron chi connectivity index (χ1n) is 18.8. The average molecular weight is 879 g/mol. The van der Waals surface area contributed by atoms with Gasteiger partial charge in [0.05, 0.1) is 51.7 Å². The van der Waals surface area contributed by atoms with Crippen LogP contribution < -0.4 is 26.2 Å². The molecule has 3 aromatic heterocycles. The lowest BCUT2D eigenvalue weighted by Gasteiger charge is -2.25. The maximum absolute atomic E-state index is 15.5. The summed E-state index contributed by atoms with van der Waals surface area (Å²) in [6.07, 6.45) is -2.24. The van der Waals surface area contributed by atoms with Gasteiger partial charge in [0.25, 0.3) is 17.9 Å². The van der Waals surface area contributed by atoms with E-state index < -0.39 is 89.4 Å². The van der Waals surface area contributed by atoms with Gasteiger partial charge in [0.2, 0.25) is 11.8 Å². The molecule has 2 aliphatic rings. The number of carbonyl (C=O) groups is 2. The Morgan fingerprint density at radius 2 is 1.81 bits per heavy atom. The van der Waals surface area contributed by atoms with Gasteiger partial charge in [0.15, 0.2) is 0 Å². The van der Waals surface area contributed by atoms with E-state index in [-0.39, 0.29) is 62.2 Å². The van der Waals surface area contributed by atoms with Gasteiger partial charge in [-0.15, -0.1) is 0 Å². The van der Waals surface area contributed by atoms with E-state index in [4.69, 9.17) is 26.7 Å². The summed E-state index contributed by atoms with van der Waals surface area (Å²) in [5.74, 6) is -9.96. The number of methoxy groups -OCH3 is 1. The highest BCUT2D eigenvalue weighted by Gasteiger charge is 2.67. The summed E-state index contributed by atoms with van der Waals surface area (Å²) < 4.78 is 95.5. The highest BCUT2D eigenvalue weighted by Crippen LogP contribution is 2.68. The molecule has 1 saturated carbocycles. The molecule has 8 rings (SSSR count). The van der Waals surface area contributed by atoms with Crippen LogP contribution in [0.4, 0.5) is 32.0 Å². The van der Waals surface area contributed by atoms with Crippen LogP contribution in [-0.2, 0) is 28.5 Å². The van der Waals surface area contributed by atoms with Crippen molar-refractivity contribution < 1.29 is 40.7 Å². The summed E-state index contributed by atoms with van der Waals surface area (Å²) >= 11 is 6.57. The summed E-state index contributed by atoms with van der Waals surface area (Å²) in [6.45, 7) is 0.182. The lowest BCUT2D eigenvalue weighted by atomic mass is 10.0. The molecule has 4 N–H and O–H groups in total. The van der Waals surface area contributed by atoms with Crippen LogP contribution in [0.25, 0.3) is 27.8 Å². The molecule has 0 unspecified atom stereocenters. The summed E-state index contributed by atoms with van der Waals surface area (Å²) in [4.78, 5) is 54.3. The maximum atomic E-state index is 15.5. The molecule has 62 heavy (non-hydrogen) atoms. The molecule has 0 saturated heterocycles. The zero-order valence-corrected chi connectivity index (χ0v) is 33.4. The standard InChI is InChI=1S/C41H33ClF6N10O4/c1-17(59)52-37(49)32-25(42)6-7-29(33(32)50-2)58-38(54-27-13-19(4-5-22(27)39(58)61)26-8-9-51-40(55-26)62-3)28(12-18-10-20(43)14-21(44)11-18)53-30(60)16-57-35-31(34(56-57)36(45)46)23-15-24(23)41(35,47)48/h4-11,13-14,23-24,28,36,50H,12,15-16H2,1-3H3,(H,53,60)(H2,49,52,59)/t23-,24+,28-/m0/s1. The molecule has 21 heteroatoms. The number of anilines is 1. The number of amides is 2. The highest BCUT2D eigenvalue weighted by atomic mass is 35.5. The first-order valence-corrected chi connectivity index (χ1v) is 19.2. The number of rotatable bonds is 12. The number of amidine groups is 1. The summed E-state index contributed by atoms with van der Waals surface area (Å²) in [5.41, 5.74) is -1.94. The quantitative estimate of drug-likeness (QED) is 0.0589. The number of nitrogens with one attached hydrogen (secondary N) is 4. The molecule has 6 aromatic rings. The van der Waals surface area contributed by atoms with Gasteiger partial charge in [-0.25, -0.2) is 27.5 Å². The van der Waals surface area contributed by atoms with Gasteiger partial charge in [0, 0.05) is 49.7 Å². The number of nitrogens with zero attached hydrogens (tertiary/aromatic N) is 6. The molecule has 0 radical (unpaired) electrons. The number of fused-ring (bicyclic) bond motifs is 4. The van der Waals surface area contributed by atoms with Gasteiger partial charge in [-0.1, -0.05) is 17.7 Å². The van der Waals surface area contributed by atoms with E-state index in [0.29, 0.717) is 22.0 Å². The third-order valence-corrected chi connectivity index (χ3v) is 11.0. The molecule has 14 nitrogen and oxygen atoms in total. The average Bonchev–Trinajstić information content (AvgIpc) is 3.88. The Morgan fingerprint density at radius 3 is 2.48 bits per heavy atom. The highest BCUT2D eigenvalue weighted by molar-refractivity contribution is 6.35. The lowest BCUT2D eigenvalue weighted by molar-refractivity contribution is -0.123. The van der Waals surface area contributed by atoms with E-state index in [1.165, 1.54) is 51.5 Å². The molecule has 0 aliphatic heterocycles. The number of benzene rings is 3. The lowest BCUT2D eigenvalue weighted by Crippen LogP contribution is -2.38. The molecule has 2 aliphatic carbocycles. The zero-order chi connectivity index (χ0) is 44.4. The van der Waals surface area contributed by atoms with Crippen LogP contribution in [-0.4, -0.2) is 61.1 Å². The SMILES string of the molecule is CNc1c(-n2c([C@H](Cc3cc(F)cc(F)c3)NC(=O)Cn3nc(C(F)F)c4c3C(F)(F)[C@@H]3C[C@H]43)nc3cc(-c4ccnc(OC)n4)ccc3c2=O)ccc(Cl)c1C(=N)NC(C)=O. The maximum Gasteiger partial charge on any atom is 0.316 e. The van der Waals surface area contributed by atoms with E-state index in [9.17, 15) is 31.9 Å². The Balaban J connectivity index is 1.34. The number of ether oxygens (including phenoxy) is 1. The van der Waals surface area contributed by atoms with Crippen LogP contribution in [0.1, 0.15) is 65.6 Å². The number of hydrogen-bond donors (Lipinski definition) is 4. The van der Waals surface area contributed by atoms with Crippen LogP contribution in [0.15, 0.2) is 65.6 Å². The molecule has 320 valence electrons. The molecule has 0 bridgehead atoms. The minimum Gasteiger partial charge on any atom is -0.467 e. The second kappa shape index (κ2) is 15.9. The minimum atomic E-state index is -3.55. The minimum absolute atomic E-state index is 0.00712. The fraction of sp³-hybridized carbons (Fsp3) is 0.268. The van der Waals surface area contributed by atoms with Crippen molar-refractivity contribution in [3.63, 3.8) is 0 Å². The Hall–Kier alpha value is -6.83. The van der Waals surface area contributed by atoms with Crippen molar-refractivity contribution in [1.82, 2.24) is 39.9 Å². The fourth-order valence-corrected chi connectivity index (χ4v) is 8.29. The predicted octanol–water partition coefficient (Wildman–Crippen LogP) is 6.73. The van der Waals surface area contributed by atoms with Crippen molar-refractivity contribution in [2.45, 2.75) is 50.6 Å². The molecule has 3 aromatic carbocycles. The van der Waals surface area contributed by atoms with Crippen molar-refractivity contribution >= 4 is 45.8 Å². The van der Waals surface area contributed by atoms with Crippen LogP contribution >= 0.6 is 11.6 Å². The van der Waals surface area contributed by atoms with Crippen LogP contribution in [0.3, 0.4) is 0 Å². The summed E-state index contributed by atoms with van der Waals surface area (Å²) in [7, 11) is 2.82. The van der Waals surface area contributed by atoms with E-state index in [1.54, 1.807) is 12.1 Å². The van der Waals surface area contributed by atoms with Crippen molar-refractivity contribution in [2.75, 3.05) is 19.5 Å². The van der Waals surface area contributed by atoms with Gasteiger partial charge < -0.3 is 20.7 Å². The summed E-state index contributed by atoms with van der Waals surface area (Å²) in [5, 5.41) is 20.3. The van der Waals surface area contributed by atoms with Gasteiger partial charge in [-0.05, 0) is 60.4 Å². The first kappa shape index (κ1) is 41.9. The third kappa shape index (κ3) is 7.47. The summed E-state index contributed by atoms with van der Waals surface area (Å²) in [6, 6.07) is 9.94. The topological polar surface area (TPSA) is 182 Å². The van der Waals surface area contributed by atoms with E-state index in [2.05, 4.69) is 31.0 Å². The number of alkyl halides is 4. The van der Waals surface area contributed by atoms with E-state index >= 15 is 8.78 Å². The molecule has 1 fully saturated rings. The monoisotopic (exact) mass is 878 g/mol. The number of halogens is 7. The van der Waals surface area contributed by atoms with Gasteiger partial charge in [-0.3, -0.25) is 29.0 Å². The number of aromatic nitrogens is 6. The Kier molecular flexibility index (Phi) is 10.7. The van der Waals surface area contributed by atoms with Crippen molar-refractivity contribution in [3.8, 4) is 23.0 Å². The largest absolute Gasteiger partial charge is 0.467 e. The van der Waals surface area contributed by atoms with Gasteiger partial charge >= 0.3 is 6.01 Å². The van der Waals surface area contributed by atoms with Crippen LogP contribution in [0.5, 0.6) is 6.01 Å². The fourth-order valence-electron chi connectivity index (χ4n) is 8.04. The van der Waals surface area contributed by atoms with Crippen LogP contribution in [0.2, 0.25) is 5.02 Å². The third-order valence-electron chi connectivity index (χ3n) is 10.7. The second-order valence-corrected chi connectivity index (χ2v) is 15.1. The number of carbonyl (C=O) groups excluding carboxylic acids is 2. The van der Waals surface area contributed by atoms with Gasteiger partial charge in [-0.2, -0.15) is 18.9 Å². The molecule has 3 heterocycles. The predicted molar refractivity (Wildman–Crippen MR) is 213 cm³/mol. The molecular formula is C41H33ClF6N10O4. The smallest absolute Gasteiger partial charge is 0.316 e. The van der Waals surface area contributed by atoms with E-state index in [0.717, 1.165) is 16.7 Å². The van der Waals surface area contributed by atoms with Crippen molar-refractivity contribution in [1.29, 1.82) is 5.41 Å². The Bertz CT molecular complexity index is 2890. The first-order chi connectivity index (χ1) is 29.5. The number of hydrogen-bond acceptors (Lipinski definition) is 10. The Labute approximate surface area is 351 Å². The molecule has 3 atom stereocenters. The second-order valence-electron chi connectivity index (χ2n) is 14.7. The van der Waals surface area contributed by atoms with Crippen molar-refractivity contribution in [3.05, 3.63) is 122 Å². The van der Waals surface area contributed by atoms with E-state index in [1.807, 2.05) is 0 Å². The van der Waals surface area contributed by atoms with Gasteiger partial charge in [0.1, 0.15) is 41.2 Å². The van der Waals surface area contributed by atoms with Crippen LogP contribution in [0, 0.1) is 23.0 Å². The van der Waals surface area contributed by atoms with Crippen molar-refractivity contribution in [2.24, 2.45) is 5.92 Å². The molecule has 0 spiro atoms. The zero-order valence-electron chi connectivity index (χ0n) is 32.7. The molecule has 2 amide bonds. The molecular weight excluding hydrogens is 846 g/mol. The Morgan fingerprint density at radius 1 is 1.06 bits per heavy atom.